The van der Waals surface area contributed by atoms with Gasteiger partial charge in [0.15, 0.2) is 0 Å². The summed E-state index contributed by atoms with van der Waals surface area (Å²) in [4.78, 5) is 0. The molecule has 1 aliphatic carbocycles. The van der Waals surface area contributed by atoms with E-state index in [1.807, 2.05) is 0 Å². The molecule has 1 rings (SSSR count). The van der Waals surface area contributed by atoms with Crippen LogP contribution in [0.2, 0.25) is 0 Å². The third-order valence-electron chi connectivity index (χ3n) is 2.84. The summed E-state index contributed by atoms with van der Waals surface area (Å²) >= 11 is 0. The van der Waals surface area contributed by atoms with Crippen LogP contribution in [0.3, 0.4) is 0 Å². The van der Waals surface area contributed by atoms with E-state index in [0.717, 1.165) is 12.8 Å². The second kappa shape index (κ2) is 6.20. The van der Waals surface area contributed by atoms with Crippen molar-refractivity contribution in [2.45, 2.75) is 64.4 Å². The molecular weight excluding hydrogens is 160 g/mol. The minimum absolute atomic E-state index is 0.126. The monoisotopic (exact) mass is 182 g/mol. The molecule has 0 amide bonds. The van der Waals surface area contributed by atoms with Crippen LogP contribution in [0.15, 0.2) is 11.6 Å². The first-order valence-electron chi connectivity index (χ1n) is 5.71. The molecule has 1 heteroatoms. The second-order valence-corrected chi connectivity index (χ2v) is 4.04. The molecule has 0 fully saturated rings. The van der Waals surface area contributed by atoms with Crippen molar-refractivity contribution < 1.29 is 5.11 Å². The highest BCUT2D eigenvalue weighted by molar-refractivity contribution is 5.12. The lowest BCUT2D eigenvalue weighted by Gasteiger charge is -2.11. The van der Waals surface area contributed by atoms with Gasteiger partial charge in [-0.25, -0.2) is 0 Å². The van der Waals surface area contributed by atoms with Gasteiger partial charge in [-0.1, -0.05) is 38.7 Å². The van der Waals surface area contributed by atoms with Crippen molar-refractivity contribution in [2.24, 2.45) is 0 Å². The number of hydrogen-bond acceptors (Lipinski definition) is 1. The number of aliphatic hydroxyl groups excluding tert-OH is 1. The lowest BCUT2D eigenvalue weighted by atomic mass is 10.0. The Hall–Kier alpha value is -0.300. The van der Waals surface area contributed by atoms with Gasteiger partial charge in [0.1, 0.15) is 0 Å². The van der Waals surface area contributed by atoms with Gasteiger partial charge < -0.3 is 5.11 Å². The molecule has 0 radical (unpaired) electrons. The number of allylic oxidation sites excluding steroid dienone is 1. The highest BCUT2D eigenvalue weighted by Gasteiger charge is 2.13. The van der Waals surface area contributed by atoms with E-state index in [9.17, 15) is 5.11 Å². The molecule has 1 aliphatic rings. The Morgan fingerprint density at radius 2 is 2.23 bits per heavy atom. The van der Waals surface area contributed by atoms with E-state index in [0.29, 0.717) is 0 Å². The summed E-state index contributed by atoms with van der Waals surface area (Å²) in [5, 5.41) is 9.78. The standard InChI is InChI=1S/C12H22O/c1-2-3-4-5-10-12(13)11-8-6-7-9-11/h8,12-13H,2-7,9-10H2,1H3. The van der Waals surface area contributed by atoms with Crippen molar-refractivity contribution in [1.29, 1.82) is 0 Å². The highest BCUT2D eigenvalue weighted by atomic mass is 16.3. The lowest BCUT2D eigenvalue weighted by Crippen LogP contribution is -2.08. The summed E-state index contributed by atoms with van der Waals surface area (Å²) in [5.41, 5.74) is 1.30. The Labute approximate surface area is 81.9 Å². The number of hydrogen-bond donors (Lipinski definition) is 1. The summed E-state index contributed by atoms with van der Waals surface area (Å²) in [6, 6.07) is 0. The van der Waals surface area contributed by atoms with Crippen molar-refractivity contribution in [3.8, 4) is 0 Å². The maximum absolute atomic E-state index is 9.78. The van der Waals surface area contributed by atoms with E-state index in [2.05, 4.69) is 13.0 Å². The lowest BCUT2D eigenvalue weighted by molar-refractivity contribution is 0.193. The summed E-state index contributed by atoms with van der Waals surface area (Å²) < 4.78 is 0. The molecule has 0 saturated carbocycles. The average Bonchev–Trinajstić information content (AvgIpc) is 2.65. The van der Waals surface area contributed by atoms with Crippen molar-refractivity contribution >= 4 is 0 Å². The molecule has 0 spiro atoms. The zero-order chi connectivity index (χ0) is 9.52. The van der Waals surface area contributed by atoms with Crippen LogP contribution in [0.4, 0.5) is 0 Å². The molecule has 1 N–H and O–H groups in total. The average molecular weight is 182 g/mol. The Morgan fingerprint density at radius 1 is 1.38 bits per heavy atom. The molecule has 0 saturated heterocycles. The molecule has 0 aromatic carbocycles. The van der Waals surface area contributed by atoms with Gasteiger partial charge in [0, 0.05) is 0 Å². The smallest absolute Gasteiger partial charge is 0.0750 e. The maximum Gasteiger partial charge on any atom is 0.0750 e. The van der Waals surface area contributed by atoms with Crippen molar-refractivity contribution in [3.05, 3.63) is 11.6 Å². The van der Waals surface area contributed by atoms with E-state index in [4.69, 9.17) is 0 Å². The third kappa shape index (κ3) is 3.95. The fourth-order valence-corrected chi connectivity index (χ4v) is 1.95. The Morgan fingerprint density at radius 3 is 2.85 bits per heavy atom. The van der Waals surface area contributed by atoms with Crippen LogP contribution >= 0.6 is 0 Å². The van der Waals surface area contributed by atoms with E-state index in [1.54, 1.807) is 0 Å². The van der Waals surface area contributed by atoms with Gasteiger partial charge in [-0.2, -0.15) is 0 Å². The maximum atomic E-state index is 9.78. The SMILES string of the molecule is CCCCCCC(O)C1=CCCC1. The van der Waals surface area contributed by atoms with E-state index >= 15 is 0 Å². The molecule has 76 valence electrons. The molecule has 1 nitrogen and oxygen atoms in total. The first-order chi connectivity index (χ1) is 6.34. The summed E-state index contributed by atoms with van der Waals surface area (Å²) in [7, 11) is 0. The zero-order valence-electron chi connectivity index (χ0n) is 8.76. The van der Waals surface area contributed by atoms with Crippen LogP contribution in [-0.2, 0) is 0 Å². The second-order valence-electron chi connectivity index (χ2n) is 4.04. The minimum Gasteiger partial charge on any atom is -0.389 e. The number of rotatable bonds is 6. The predicted octanol–water partition coefficient (Wildman–Crippen LogP) is 3.43. The van der Waals surface area contributed by atoms with Crippen molar-refractivity contribution in [3.63, 3.8) is 0 Å². The van der Waals surface area contributed by atoms with Gasteiger partial charge in [-0.05, 0) is 31.3 Å². The van der Waals surface area contributed by atoms with Crippen LogP contribution in [-0.4, -0.2) is 11.2 Å². The summed E-state index contributed by atoms with van der Waals surface area (Å²) in [6.45, 7) is 2.22. The molecule has 0 heterocycles. The normalized spacial score (nSPS) is 18.8. The van der Waals surface area contributed by atoms with Crippen LogP contribution < -0.4 is 0 Å². The summed E-state index contributed by atoms with van der Waals surface area (Å²) in [5.74, 6) is 0. The van der Waals surface area contributed by atoms with Gasteiger partial charge >= 0.3 is 0 Å². The topological polar surface area (TPSA) is 20.2 Å². The molecule has 0 aromatic rings. The Balaban J connectivity index is 2.06. The van der Waals surface area contributed by atoms with E-state index in [1.165, 1.54) is 44.1 Å². The van der Waals surface area contributed by atoms with E-state index < -0.39 is 0 Å². The van der Waals surface area contributed by atoms with Crippen LogP contribution in [0.25, 0.3) is 0 Å². The first kappa shape index (κ1) is 10.8. The molecule has 1 unspecified atom stereocenters. The largest absolute Gasteiger partial charge is 0.389 e. The molecule has 0 aliphatic heterocycles. The molecular formula is C12H22O. The van der Waals surface area contributed by atoms with Crippen LogP contribution in [0.1, 0.15) is 58.3 Å². The fourth-order valence-electron chi connectivity index (χ4n) is 1.95. The predicted molar refractivity (Wildman–Crippen MR) is 56.7 cm³/mol. The minimum atomic E-state index is -0.126. The number of aliphatic hydroxyl groups is 1. The molecule has 0 aromatic heterocycles. The molecule has 13 heavy (non-hydrogen) atoms. The quantitative estimate of drug-likeness (QED) is 0.493. The zero-order valence-corrected chi connectivity index (χ0v) is 8.76. The van der Waals surface area contributed by atoms with Gasteiger partial charge in [0.25, 0.3) is 0 Å². The highest BCUT2D eigenvalue weighted by Crippen LogP contribution is 2.23. The van der Waals surface area contributed by atoms with Crippen molar-refractivity contribution in [2.75, 3.05) is 0 Å². The van der Waals surface area contributed by atoms with Gasteiger partial charge in [0.2, 0.25) is 0 Å². The molecule has 1 atom stereocenters. The van der Waals surface area contributed by atoms with Crippen molar-refractivity contribution in [1.82, 2.24) is 0 Å². The Bertz CT molecular complexity index is 161. The van der Waals surface area contributed by atoms with E-state index in [-0.39, 0.29) is 6.10 Å². The summed E-state index contributed by atoms with van der Waals surface area (Å²) in [6.07, 6.45) is 11.7. The van der Waals surface area contributed by atoms with Crippen LogP contribution in [0, 0.1) is 0 Å². The molecule has 0 bridgehead atoms. The van der Waals surface area contributed by atoms with Gasteiger partial charge in [-0.15, -0.1) is 0 Å². The van der Waals surface area contributed by atoms with Gasteiger partial charge in [0.05, 0.1) is 6.10 Å². The number of unbranched alkanes of at least 4 members (excludes halogenated alkanes) is 3. The fraction of sp³-hybridized carbons (Fsp3) is 0.833. The first-order valence-corrected chi connectivity index (χ1v) is 5.71. The van der Waals surface area contributed by atoms with Gasteiger partial charge in [-0.3, -0.25) is 0 Å². The van der Waals surface area contributed by atoms with Crippen LogP contribution in [0.5, 0.6) is 0 Å². The third-order valence-corrected chi connectivity index (χ3v) is 2.84. The Kier molecular flexibility index (Phi) is 5.14.